The van der Waals surface area contributed by atoms with Crippen molar-refractivity contribution in [3.8, 4) is 0 Å². The van der Waals surface area contributed by atoms with E-state index in [4.69, 9.17) is 9.84 Å². The number of non-ortho nitro benzene ring substituents is 1. The summed E-state index contributed by atoms with van der Waals surface area (Å²) in [7, 11) is 0. The Balaban J connectivity index is 2.21. The van der Waals surface area contributed by atoms with E-state index in [1.807, 2.05) is 0 Å². The van der Waals surface area contributed by atoms with E-state index in [1.165, 1.54) is 24.3 Å². The summed E-state index contributed by atoms with van der Waals surface area (Å²) in [4.78, 5) is 43.4. The summed E-state index contributed by atoms with van der Waals surface area (Å²) in [6.45, 7) is -0.0889. The molecule has 10 nitrogen and oxygen atoms in total. The first kappa shape index (κ1) is 19.0. The number of rotatable bonds is 10. The van der Waals surface area contributed by atoms with Gasteiger partial charge in [-0.15, -0.1) is 0 Å². The number of benzene rings is 1. The van der Waals surface area contributed by atoms with E-state index in [9.17, 15) is 24.5 Å². The zero-order valence-corrected chi connectivity index (χ0v) is 12.7. The third kappa shape index (κ3) is 7.31. The highest BCUT2D eigenvalue weighted by Gasteiger charge is 2.09. The molecule has 0 radical (unpaired) electrons. The maximum absolute atomic E-state index is 11.8. The smallest absolute Gasteiger partial charge is 0.329 e. The van der Waals surface area contributed by atoms with Gasteiger partial charge in [0, 0.05) is 37.2 Å². The highest BCUT2D eigenvalue weighted by Crippen LogP contribution is 2.11. The lowest BCUT2D eigenvalue weighted by molar-refractivity contribution is -0.384. The van der Waals surface area contributed by atoms with E-state index in [0.717, 1.165) is 0 Å². The number of carbonyl (C=O) groups is 3. The van der Waals surface area contributed by atoms with Crippen molar-refractivity contribution in [1.82, 2.24) is 10.6 Å². The molecule has 0 saturated carbocycles. The summed E-state index contributed by atoms with van der Waals surface area (Å²) >= 11 is 0. The van der Waals surface area contributed by atoms with Gasteiger partial charge >= 0.3 is 5.97 Å². The van der Waals surface area contributed by atoms with Crippen LogP contribution in [0.25, 0.3) is 0 Å². The number of ether oxygens (including phenoxy) is 1. The second-order valence-electron chi connectivity index (χ2n) is 4.61. The van der Waals surface area contributed by atoms with Crippen LogP contribution in [0.5, 0.6) is 0 Å². The SMILES string of the molecule is O=C(O)COCCNC(=O)CCNC(=O)c1ccc([N+](=O)[O-])cc1. The highest BCUT2D eigenvalue weighted by molar-refractivity contribution is 5.94. The fourth-order valence-corrected chi connectivity index (χ4v) is 1.64. The molecule has 0 spiro atoms. The quantitative estimate of drug-likeness (QED) is 0.307. The normalized spacial score (nSPS) is 10.0. The molecule has 0 saturated heterocycles. The lowest BCUT2D eigenvalue weighted by Crippen LogP contribution is -2.32. The third-order valence-corrected chi connectivity index (χ3v) is 2.77. The number of hydrogen-bond donors (Lipinski definition) is 3. The monoisotopic (exact) mass is 339 g/mol. The molecule has 0 unspecified atom stereocenters. The number of nitro groups is 1. The second kappa shape index (κ2) is 9.90. The highest BCUT2D eigenvalue weighted by atomic mass is 16.6. The molecule has 1 aromatic rings. The second-order valence-corrected chi connectivity index (χ2v) is 4.61. The standard InChI is InChI=1S/C14H17N3O7/c18-12(15-7-8-24-9-13(19)20)5-6-16-14(21)10-1-3-11(4-2-10)17(22)23/h1-4H,5-9H2,(H,15,18)(H,16,21)(H,19,20). The fourth-order valence-electron chi connectivity index (χ4n) is 1.64. The Morgan fingerprint density at radius 1 is 1.12 bits per heavy atom. The van der Waals surface area contributed by atoms with E-state index < -0.39 is 23.4 Å². The van der Waals surface area contributed by atoms with Gasteiger partial charge in [-0.2, -0.15) is 0 Å². The van der Waals surface area contributed by atoms with Crippen LogP contribution >= 0.6 is 0 Å². The van der Waals surface area contributed by atoms with Crippen molar-refractivity contribution in [3.05, 3.63) is 39.9 Å². The van der Waals surface area contributed by atoms with Crippen molar-refractivity contribution in [1.29, 1.82) is 0 Å². The van der Waals surface area contributed by atoms with Crippen molar-refractivity contribution >= 4 is 23.5 Å². The van der Waals surface area contributed by atoms with Crippen molar-refractivity contribution in [3.63, 3.8) is 0 Å². The third-order valence-electron chi connectivity index (χ3n) is 2.77. The maximum Gasteiger partial charge on any atom is 0.329 e. The molecule has 0 aliphatic heterocycles. The summed E-state index contributed by atoms with van der Waals surface area (Å²) in [5.41, 5.74) is 0.138. The molecule has 0 heterocycles. The number of carboxylic acids is 1. The van der Waals surface area contributed by atoms with Crippen molar-refractivity contribution in [2.45, 2.75) is 6.42 Å². The minimum absolute atomic E-state index is 0.0393. The Kier molecular flexibility index (Phi) is 7.85. The molecule has 0 aliphatic rings. The Hall–Kier alpha value is -3.01. The Bertz CT molecular complexity index is 601. The predicted octanol–water partition coefficient (Wildman–Crippen LogP) is -0.0679. The number of carbonyl (C=O) groups excluding carboxylic acids is 2. The van der Waals surface area contributed by atoms with Crippen molar-refractivity contribution < 1.29 is 29.2 Å². The van der Waals surface area contributed by atoms with Crippen LogP contribution in [-0.4, -0.2) is 54.1 Å². The fraction of sp³-hybridized carbons (Fsp3) is 0.357. The molecule has 0 fully saturated rings. The number of hydrogen-bond acceptors (Lipinski definition) is 6. The summed E-state index contributed by atoms with van der Waals surface area (Å²) in [6.07, 6.45) is 0.0393. The number of aliphatic carboxylic acids is 1. The van der Waals surface area contributed by atoms with Crippen LogP contribution < -0.4 is 10.6 Å². The van der Waals surface area contributed by atoms with Gasteiger partial charge in [0.05, 0.1) is 11.5 Å². The van der Waals surface area contributed by atoms with Gasteiger partial charge in [-0.25, -0.2) is 4.79 Å². The first-order chi connectivity index (χ1) is 11.4. The molecular weight excluding hydrogens is 322 g/mol. The molecule has 0 atom stereocenters. The Morgan fingerprint density at radius 2 is 1.79 bits per heavy atom. The number of nitrogens with one attached hydrogen (secondary N) is 2. The number of carboxylic acid groups (broad SMARTS) is 1. The van der Waals surface area contributed by atoms with E-state index in [2.05, 4.69) is 10.6 Å². The van der Waals surface area contributed by atoms with E-state index >= 15 is 0 Å². The molecule has 3 N–H and O–H groups in total. The molecule has 130 valence electrons. The number of amides is 2. The Morgan fingerprint density at radius 3 is 2.38 bits per heavy atom. The van der Waals surface area contributed by atoms with E-state index in [1.54, 1.807) is 0 Å². The average Bonchev–Trinajstić information content (AvgIpc) is 2.54. The summed E-state index contributed by atoms with van der Waals surface area (Å²) in [6, 6.07) is 5.10. The van der Waals surface area contributed by atoms with Crippen LogP contribution in [0, 0.1) is 10.1 Å². The molecule has 10 heteroatoms. The van der Waals surface area contributed by atoms with Gasteiger partial charge in [-0.1, -0.05) is 0 Å². The van der Waals surface area contributed by atoms with Gasteiger partial charge in [-0.3, -0.25) is 19.7 Å². The van der Waals surface area contributed by atoms with Gasteiger partial charge in [0.2, 0.25) is 5.91 Å². The largest absolute Gasteiger partial charge is 0.480 e. The topological polar surface area (TPSA) is 148 Å². The summed E-state index contributed by atoms with van der Waals surface area (Å²) < 4.78 is 4.74. The Labute approximate surface area is 136 Å². The van der Waals surface area contributed by atoms with Crippen LogP contribution in [0.4, 0.5) is 5.69 Å². The van der Waals surface area contributed by atoms with Crippen LogP contribution in [0.2, 0.25) is 0 Å². The predicted molar refractivity (Wildman–Crippen MR) is 81.5 cm³/mol. The van der Waals surface area contributed by atoms with Gasteiger partial charge in [-0.05, 0) is 12.1 Å². The summed E-state index contributed by atoms with van der Waals surface area (Å²) in [5, 5.41) is 23.9. The number of nitrogens with zero attached hydrogens (tertiary/aromatic N) is 1. The minimum atomic E-state index is -1.09. The minimum Gasteiger partial charge on any atom is -0.480 e. The first-order valence-corrected chi connectivity index (χ1v) is 6.99. The van der Waals surface area contributed by atoms with E-state index in [0.29, 0.717) is 0 Å². The maximum atomic E-state index is 11.8. The van der Waals surface area contributed by atoms with Crippen LogP contribution in [-0.2, 0) is 14.3 Å². The summed E-state index contributed by atoms with van der Waals surface area (Å²) in [5.74, 6) is -1.85. The van der Waals surface area contributed by atoms with Crippen molar-refractivity contribution in [2.24, 2.45) is 0 Å². The van der Waals surface area contributed by atoms with Gasteiger partial charge in [0.15, 0.2) is 0 Å². The van der Waals surface area contributed by atoms with E-state index in [-0.39, 0.29) is 43.3 Å². The van der Waals surface area contributed by atoms with Gasteiger partial charge < -0.3 is 20.5 Å². The van der Waals surface area contributed by atoms with Crippen LogP contribution in [0.3, 0.4) is 0 Å². The van der Waals surface area contributed by atoms with Crippen LogP contribution in [0.1, 0.15) is 16.8 Å². The lowest BCUT2D eigenvalue weighted by atomic mass is 10.2. The van der Waals surface area contributed by atoms with Gasteiger partial charge in [0.25, 0.3) is 11.6 Å². The molecule has 1 rings (SSSR count). The zero-order chi connectivity index (χ0) is 17.9. The molecule has 0 aliphatic carbocycles. The lowest BCUT2D eigenvalue weighted by Gasteiger charge is -2.07. The average molecular weight is 339 g/mol. The molecular formula is C14H17N3O7. The molecule has 1 aromatic carbocycles. The van der Waals surface area contributed by atoms with Crippen molar-refractivity contribution in [2.75, 3.05) is 26.3 Å². The van der Waals surface area contributed by atoms with Gasteiger partial charge in [0.1, 0.15) is 6.61 Å². The first-order valence-electron chi connectivity index (χ1n) is 6.99. The molecule has 24 heavy (non-hydrogen) atoms. The molecule has 0 aromatic heterocycles. The molecule has 0 bridgehead atoms. The molecule has 2 amide bonds. The van der Waals surface area contributed by atoms with Crippen LogP contribution in [0.15, 0.2) is 24.3 Å². The zero-order valence-electron chi connectivity index (χ0n) is 12.7. The number of nitro benzene ring substituents is 1.